The van der Waals surface area contributed by atoms with Gasteiger partial charge < -0.3 is 9.80 Å². The SMILES string of the molecule is Cc1nn(C)c(C)c1CC(=O)N1CCN(c2ncccc2C#N)CC1. The van der Waals surface area contributed by atoms with Crippen LogP contribution in [0.25, 0.3) is 0 Å². The van der Waals surface area contributed by atoms with Crippen LogP contribution in [0.3, 0.4) is 0 Å². The van der Waals surface area contributed by atoms with Gasteiger partial charge in [-0.05, 0) is 26.0 Å². The summed E-state index contributed by atoms with van der Waals surface area (Å²) in [6.07, 6.45) is 2.08. The Morgan fingerprint density at radius 1 is 1.28 bits per heavy atom. The van der Waals surface area contributed by atoms with Gasteiger partial charge in [0.05, 0.1) is 17.7 Å². The monoisotopic (exact) mass is 338 g/mol. The third kappa shape index (κ3) is 3.33. The smallest absolute Gasteiger partial charge is 0.227 e. The number of anilines is 1. The van der Waals surface area contributed by atoms with Crippen molar-refractivity contribution in [2.24, 2.45) is 7.05 Å². The maximum absolute atomic E-state index is 12.6. The van der Waals surface area contributed by atoms with Gasteiger partial charge in [-0.1, -0.05) is 0 Å². The van der Waals surface area contributed by atoms with Crippen LogP contribution in [-0.4, -0.2) is 51.8 Å². The normalized spacial score (nSPS) is 14.5. The molecule has 0 spiro atoms. The molecule has 0 aliphatic carbocycles. The molecule has 0 aromatic carbocycles. The van der Waals surface area contributed by atoms with Crippen LogP contribution in [0.2, 0.25) is 0 Å². The number of aryl methyl sites for hydroxylation is 2. The van der Waals surface area contributed by atoms with Crippen LogP contribution in [0.15, 0.2) is 18.3 Å². The van der Waals surface area contributed by atoms with Crippen LogP contribution in [0.5, 0.6) is 0 Å². The van der Waals surface area contributed by atoms with Crippen molar-refractivity contribution in [2.75, 3.05) is 31.1 Å². The van der Waals surface area contributed by atoms with E-state index in [2.05, 4.69) is 21.1 Å². The van der Waals surface area contributed by atoms with E-state index in [4.69, 9.17) is 0 Å². The topological polar surface area (TPSA) is 78.1 Å². The van der Waals surface area contributed by atoms with Gasteiger partial charge in [0.15, 0.2) is 0 Å². The lowest BCUT2D eigenvalue weighted by Gasteiger charge is -2.35. The van der Waals surface area contributed by atoms with Crippen LogP contribution in [0, 0.1) is 25.2 Å². The highest BCUT2D eigenvalue weighted by molar-refractivity contribution is 5.79. The standard InChI is InChI=1S/C18H22N6O/c1-13-16(14(2)22(3)21-13)11-17(25)23-7-9-24(10-8-23)18-15(12-19)5-4-6-20-18/h4-6H,7-11H2,1-3H3. The fraction of sp³-hybridized carbons (Fsp3) is 0.444. The molecule has 0 unspecified atom stereocenters. The van der Waals surface area contributed by atoms with E-state index in [9.17, 15) is 10.1 Å². The number of rotatable bonds is 3. The zero-order chi connectivity index (χ0) is 18.0. The number of carbonyl (C=O) groups is 1. The van der Waals surface area contributed by atoms with Crippen LogP contribution < -0.4 is 4.90 Å². The Balaban J connectivity index is 1.64. The number of nitriles is 1. The first-order valence-corrected chi connectivity index (χ1v) is 8.38. The third-order valence-corrected chi connectivity index (χ3v) is 4.83. The fourth-order valence-electron chi connectivity index (χ4n) is 3.24. The summed E-state index contributed by atoms with van der Waals surface area (Å²) in [6.45, 7) is 6.57. The van der Waals surface area contributed by atoms with Gasteiger partial charge in [-0.15, -0.1) is 0 Å². The molecule has 3 heterocycles. The minimum Gasteiger partial charge on any atom is -0.352 e. The predicted molar refractivity (Wildman–Crippen MR) is 94.1 cm³/mol. The summed E-state index contributed by atoms with van der Waals surface area (Å²) in [5.74, 6) is 0.830. The number of hydrogen-bond donors (Lipinski definition) is 0. The maximum Gasteiger partial charge on any atom is 0.227 e. The molecule has 25 heavy (non-hydrogen) atoms. The number of amides is 1. The first-order valence-electron chi connectivity index (χ1n) is 8.38. The van der Waals surface area contributed by atoms with Crippen LogP contribution in [-0.2, 0) is 18.3 Å². The Labute approximate surface area is 147 Å². The average Bonchev–Trinajstić information content (AvgIpc) is 2.88. The number of carbonyl (C=O) groups excluding carboxylic acids is 1. The molecule has 3 rings (SSSR count). The minimum absolute atomic E-state index is 0.125. The van der Waals surface area contributed by atoms with Crippen molar-refractivity contribution >= 4 is 11.7 Å². The lowest BCUT2D eigenvalue weighted by molar-refractivity contribution is -0.130. The summed E-state index contributed by atoms with van der Waals surface area (Å²) in [4.78, 5) is 20.9. The Morgan fingerprint density at radius 3 is 2.60 bits per heavy atom. The zero-order valence-corrected chi connectivity index (χ0v) is 14.9. The number of piperazine rings is 1. The first-order chi connectivity index (χ1) is 12.0. The molecule has 0 N–H and O–H groups in total. The van der Waals surface area contributed by atoms with Gasteiger partial charge in [-0.3, -0.25) is 9.48 Å². The summed E-state index contributed by atoms with van der Waals surface area (Å²) >= 11 is 0. The molecule has 1 aliphatic rings. The van der Waals surface area contributed by atoms with Gasteiger partial charge in [-0.25, -0.2) is 4.98 Å². The van der Waals surface area contributed by atoms with E-state index in [1.165, 1.54) is 0 Å². The molecule has 7 heteroatoms. The van der Waals surface area contributed by atoms with Crippen molar-refractivity contribution in [3.63, 3.8) is 0 Å². The molecule has 0 atom stereocenters. The van der Waals surface area contributed by atoms with Gasteiger partial charge >= 0.3 is 0 Å². The molecule has 1 aliphatic heterocycles. The summed E-state index contributed by atoms with van der Waals surface area (Å²) in [5.41, 5.74) is 3.55. The number of aromatic nitrogens is 3. The molecule has 1 saturated heterocycles. The Kier molecular flexibility index (Phi) is 4.70. The Hall–Kier alpha value is -2.88. The molecular formula is C18H22N6O. The molecule has 0 radical (unpaired) electrons. The number of nitrogens with zero attached hydrogens (tertiary/aromatic N) is 6. The fourth-order valence-corrected chi connectivity index (χ4v) is 3.24. The number of pyridine rings is 1. The summed E-state index contributed by atoms with van der Waals surface area (Å²) in [7, 11) is 1.90. The summed E-state index contributed by atoms with van der Waals surface area (Å²) in [6, 6.07) is 5.72. The molecule has 2 aromatic heterocycles. The van der Waals surface area contributed by atoms with Crippen LogP contribution in [0.4, 0.5) is 5.82 Å². The minimum atomic E-state index is 0.125. The lowest BCUT2D eigenvalue weighted by Crippen LogP contribution is -2.49. The van der Waals surface area contributed by atoms with E-state index in [-0.39, 0.29) is 5.91 Å². The van der Waals surface area contributed by atoms with E-state index >= 15 is 0 Å². The van der Waals surface area contributed by atoms with Gasteiger partial charge in [0.25, 0.3) is 0 Å². The molecule has 130 valence electrons. The summed E-state index contributed by atoms with van der Waals surface area (Å²) < 4.78 is 1.82. The largest absolute Gasteiger partial charge is 0.352 e. The summed E-state index contributed by atoms with van der Waals surface area (Å²) in [5, 5.41) is 13.6. The molecular weight excluding hydrogens is 316 g/mol. The molecule has 0 saturated carbocycles. The van der Waals surface area contributed by atoms with Crippen molar-refractivity contribution in [1.82, 2.24) is 19.7 Å². The molecule has 7 nitrogen and oxygen atoms in total. The van der Waals surface area contributed by atoms with E-state index in [0.717, 1.165) is 17.0 Å². The highest BCUT2D eigenvalue weighted by Crippen LogP contribution is 2.19. The van der Waals surface area contributed by atoms with E-state index in [1.54, 1.807) is 18.3 Å². The van der Waals surface area contributed by atoms with E-state index in [0.29, 0.717) is 44.0 Å². The van der Waals surface area contributed by atoms with Gasteiger partial charge in [-0.2, -0.15) is 10.4 Å². The molecule has 2 aromatic rings. The van der Waals surface area contributed by atoms with E-state index in [1.807, 2.05) is 30.5 Å². The van der Waals surface area contributed by atoms with Crippen molar-refractivity contribution in [2.45, 2.75) is 20.3 Å². The van der Waals surface area contributed by atoms with E-state index < -0.39 is 0 Å². The quantitative estimate of drug-likeness (QED) is 0.840. The van der Waals surface area contributed by atoms with Gasteiger partial charge in [0.1, 0.15) is 11.9 Å². The number of hydrogen-bond acceptors (Lipinski definition) is 5. The van der Waals surface area contributed by atoms with Gasteiger partial charge in [0, 0.05) is 50.7 Å². The second-order valence-electron chi connectivity index (χ2n) is 6.30. The maximum atomic E-state index is 12.6. The van der Waals surface area contributed by atoms with Crippen molar-refractivity contribution < 1.29 is 4.79 Å². The Morgan fingerprint density at radius 2 is 2.00 bits per heavy atom. The molecule has 1 fully saturated rings. The highest BCUT2D eigenvalue weighted by Gasteiger charge is 2.24. The molecule has 1 amide bonds. The van der Waals surface area contributed by atoms with Crippen molar-refractivity contribution in [3.05, 3.63) is 40.8 Å². The Bertz CT molecular complexity index is 827. The van der Waals surface area contributed by atoms with Crippen LogP contribution >= 0.6 is 0 Å². The molecule has 0 bridgehead atoms. The average molecular weight is 338 g/mol. The third-order valence-electron chi connectivity index (χ3n) is 4.83. The van der Waals surface area contributed by atoms with Crippen LogP contribution in [0.1, 0.15) is 22.5 Å². The predicted octanol–water partition coefficient (Wildman–Crippen LogP) is 1.19. The highest BCUT2D eigenvalue weighted by atomic mass is 16.2. The second kappa shape index (κ2) is 6.93. The van der Waals surface area contributed by atoms with Gasteiger partial charge in [0.2, 0.25) is 5.91 Å². The lowest BCUT2D eigenvalue weighted by atomic mass is 10.1. The van der Waals surface area contributed by atoms with Crippen molar-refractivity contribution in [1.29, 1.82) is 5.26 Å². The van der Waals surface area contributed by atoms with Crippen molar-refractivity contribution in [3.8, 4) is 6.07 Å². The zero-order valence-electron chi connectivity index (χ0n) is 14.9. The second-order valence-corrected chi connectivity index (χ2v) is 6.30. The first kappa shape index (κ1) is 17.0.